The number of nitrogens with zero attached hydrogens (tertiary/aromatic N) is 2. The first-order valence-corrected chi connectivity index (χ1v) is 11.3. The van der Waals surface area contributed by atoms with Crippen LogP contribution in [0.1, 0.15) is 45.7 Å². The van der Waals surface area contributed by atoms with Gasteiger partial charge < -0.3 is 15.0 Å². The highest BCUT2D eigenvalue weighted by atomic mass is 35.5. The number of carbonyl (C=O) groups is 2. The van der Waals surface area contributed by atoms with E-state index in [1.807, 2.05) is 4.90 Å². The molecule has 1 aromatic heterocycles. The first-order chi connectivity index (χ1) is 17.1. The number of nitrogens with one attached hydrogen (secondary N) is 2. The number of amidine groups is 1. The van der Waals surface area contributed by atoms with Gasteiger partial charge in [0.25, 0.3) is 5.91 Å². The van der Waals surface area contributed by atoms with E-state index in [9.17, 15) is 22.8 Å². The molecule has 3 aromatic rings. The number of likely N-dealkylation sites (tertiary alicyclic amines) is 1. The van der Waals surface area contributed by atoms with Gasteiger partial charge in [-0.05, 0) is 36.2 Å². The molecular formula is C26H24ClF3N4O3. The summed E-state index contributed by atoms with van der Waals surface area (Å²) in [5.74, 6) is -1.19. The second-order valence-electron chi connectivity index (χ2n) is 8.05. The fourth-order valence-corrected chi connectivity index (χ4v) is 3.67. The lowest BCUT2D eigenvalue weighted by atomic mass is 9.97. The van der Waals surface area contributed by atoms with Crippen molar-refractivity contribution in [1.82, 2.24) is 9.88 Å². The molecule has 2 aromatic carbocycles. The van der Waals surface area contributed by atoms with Crippen LogP contribution in [0.5, 0.6) is 5.75 Å². The fraction of sp³-hybridized carbons (Fsp3) is 0.231. The third-order valence-electron chi connectivity index (χ3n) is 5.53. The maximum absolute atomic E-state index is 12.9. The quantitative estimate of drug-likeness (QED) is 0.222. The predicted molar refractivity (Wildman–Crippen MR) is 135 cm³/mol. The molecule has 0 bridgehead atoms. The number of aromatic nitrogens is 1. The van der Waals surface area contributed by atoms with Crippen LogP contribution in [0.3, 0.4) is 0 Å². The summed E-state index contributed by atoms with van der Waals surface area (Å²) in [6.07, 6.45) is -2.85. The van der Waals surface area contributed by atoms with Crippen molar-refractivity contribution in [3.05, 3.63) is 88.1 Å². The van der Waals surface area contributed by atoms with Crippen LogP contribution in [0.25, 0.3) is 0 Å². The lowest BCUT2D eigenvalue weighted by molar-refractivity contribution is -0.274. The number of benzene rings is 2. The molecule has 4 rings (SSSR count). The number of ether oxygens (including phenoxy) is 1. The van der Waals surface area contributed by atoms with Crippen LogP contribution in [0.15, 0.2) is 60.8 Å². The smallest absolute Gasteiger partial charge is 0.406 e. The van der Waals surface area contributed by atoms with E-state index >= 15 is 0 Å². The summed E-state index contributed by atoms with van der Waals surface area (Å²) in [5.41, 5.74) is 1.06. The Morgan fingerprint density at radius 2 is 1.73 bits per heavy atom. The summed E-state index contributed by atoms with van der Waals surface area (Å²) < 4.78 is 42.2. The van der Waals surface area contributed by atoms with E-state index in [1.165, 1.54) is 24.4 Å². The highest BCUT2D eigenvalue weighted by Gasteiger charge is 2.31. The lowest BCUT2D eigenvalue weighted by Crippen LogP contribution is -2.42. The van der Waals surface area contributed by atoms with Crippen molar-refractivity contribution < 1.29 is 27.5 Å². The molecule has 1 aliphatic heterocycles. The number of rotatable bonds is 7. The number of carbonyl (C=O) groups excluding carboxylic acids is 2. The molecule has 2 heterocycles. The van der Waals surface area contributed by atoms with Crippen LogP contribution >= 0.6 is 11.6 Å². The van der Waals surface area contributed by atoms with Crippen molar-refractivity contribution in [2.24, 2.45) is 0 Å². The minimum atomic E-state index is -4.95. The van der Waals surface area contributed by atoms with E-state index in [2.05, 4.69) is 15.0 Å². The zero-order chi connectivity index (χ0) is 25.9. The van der Waals surface area contributed by atoms with Crippen molar-refractivity contribution in [3.63, 3.8) is 0 Å². The first-order valence-electron chi connectivity index (χ1n) is 10.9. The van der Waals surface area contributed by atoms with Gasteiger partial charge >= 0.3 is 6.36 Å². The number of ketones is 1. The minimum absolute atomic E-state index is 0. The predicted octanol–water partition coefficient (Wildman–Crippen LogP) is 5.98. The van der Waals surface area contributed by atoms with Crippen LogP contribution in [-0.4, -0.2) is 46.9 Å². The van der Waals surface area contributed by atoms with Crippen LogP contribution in [0.4, 0.5) is 19.0 Å². The molecule has 7 nitrogen and oxygen atoms in total. The van der Waals surface area contributed by atoms with Gasteiger partial charge in [-0.3, -0.25) is 15.0 Å². The van der Waals surface area contributed by atoms with E-state index < -0.39 is 18.0 Å². The number of alkyl halides is 3. The number of Topliss-reactive ketones (excluding diaryl/α,β-unsaturated/α-hetero) is 1. The van der Waals surface area contributed by atoms with Gasteiger partial charge in [0.2, 0.25) is 0 Å². The van der Waals surface area contributed by atoms with Crippen LogP contribution in [0, 0.1) is 5.41 Å². The molecule has 1 fully saturated rings. The lowest BCUT2D eigenvalue weighted by Gasteiger charge is -2.33. The summed E-state index contributed by atoms with van der Waals surface area (Å²) in [7, 11) is 0. The Kier molecular flexibility index (Phi) is 8.54. The number of amides is 1. The highest BCUT2D eigenvalue weighted by Crippen LogP contribution is 2.27. The molecule has 1 saturated heterocycles. The van der Waals surface area contributed by atoms with E-state index in [0.29, 0.717) is 22.0 Å². The van der Waals surface area contributed by atoms with Gasteiger partial charge in [-0.2, -0.15) is 0 Å². The highest BCUT2D eigenvalue weighted by molar-refractivity contribution is 6.30. The Morgan fingerprint density at radius 1 is 1.05 bits per heavy atom. The Morgan fingerprint density at radius 3 is 2.30 bits per heavy atom. The third kappa shape index (κ3) is 7.07. The Hall–Kier alpha value is -3.92. The normalized spacial score (nSPS) is 12.7. The molecule has 0 saturated carbocycles. The van der Waals surface area contributed by atoms with E-state index in [-0.39, 0.29) is 36.6 Å². The molecule has 1 amide bonds. The Labute approximate surface area is 216 Å². The van der Waals surface area contributed by atoms with E-state index in [1.54, 1.807) is 24.3 Å². The summed E-state index contributed by atoms with van der Waals surface area (Å²) in [5, 5.41) is 11.0. The molecule has 0 unspecified atom stereocenters. The summed E-state index contributed by atoms with van der Waals surface area (Å²) in [6, 6.07) is 12.7. The van der Waals surface area contributed by atoms with Gasteiger partial charge in [0.05, 0.1) is 5.02 Å². The molecule has 194 valence electrons. The Bertz CT molecular complexity index is 1290. The second kappa shape index (κ2) is 11.4. The van der Waals surface area contributed by atoms with Crippen LogP contribution in [0.2, 0.25) is 5.02 Å². The SMILES string of the molecule is C.N=C(c1ccc(C(=O)Cc2ccc(OC(F)(F)F)cc2C(=O)Nc2ccc(Cl)cn2)cc1)N1CCC1. The largest absolute Gasteiger partial charge is 0.573 e. The molecule has 37 heavy (non-hydrogen) atoms. The molecular weight excluding hydrogens is 509 g/mol. The molecule has 0 spiro atoms. The average Bonchev–Trinajstić information content (AvgIpc) is 2.79. The topological polar surface area (TPSA) is 95.4 Å². The zero-order valence-corrected chi connectivity index (χ0v) is 19.5. The molecule has 0 atom stereocenters. The van der Waals surface area contributed by atoms with Gasteiger partial charge in [0, 0.05) is 42.4 Å². The van der Waals surface area contributed by atoms with Crippen molar-refractivity contribution in [2.75, 3.05) is 18.4 Å². The number of hydrogen-bond donors (Lipinski definition) is 2. The molecule has 0 aliphatic carbocycles. The number of hydrogen-bond acceptors (Lipinski definition) is 5. The molecule has 0 radical (unpaired) electrons. The number of anilines is 1. The standard InChI is InChI=1S/C25H20ClF3N4O3.CH4/c26-18-7-9-22(31-14-18)32-24(35)20-13-19(36-25(27,28)29)8-6-17(20)12-21(34)15-2-4-16(5-3-15)23(30)33-10-1-11-33;/h2-9,13-14,30H,1,10-12H2,(H,31,32,35);1H4. The maximum Gasteiger partial charge on any atom is 0.573 e. The van der Waals surface area contributed by atoms with E-state index in [4.69, 9.17) is 17.0 Å². The fourth-order valence-electron chi connectivity index (χ4n) is 3.56. The first kappa shape index (κ1) is 27.7. The van der Waals surface area contributed by atoms with Gasteiger partial charge in [-0.15, -0.1) is 13.2 Å². The zero-order valence-electron chi connectivity index (χ0n) is 18.7. The monoisotopic (exact) mass is 532 g/mol. The Balaban J connectivity index is 0.00000380. The maximum atomic E-state index is 12.9. The summed E-state index contributed by atoms with van der Waals surface area (Å²) >= 11 is 5.79. The number of halogens is 4. The van der Waals surface area contributed by atoms with Crippen LogP contribution in [-0.2, 0) is 6.42 Å². The molecule has 11 heteroatoms. The van der Waals surface area contributed by atoms with Gasteiger partial charge in [0.15, 0.2) is 5.78 Å². The van der Waals surface area contributed by atoms with Crippen molar-refractivity contribution in [2.45, 2.75) is 26.6 Å². The minimum Gasteiger partial charge on any atom is -0.406 e. The summed E-state index contributed by atoms with van der Waals surface area (Å²) in [4.78, 5) is 31.7. The third-order valence-corrected chi connectivity index (χ3v) is 5.76. The summed E-state index contributed by atoms with van der Waals surface area (Å²) in [6.45, 7) is 1.65. The van der Waals surface area contributed by atoms with Crippen molar-refractivity contribution >= 4 is 34.9 Å². The van der Waals surface area contributed by atoms with Crippen molar-refractivity contribution in [1.29, 1.82) is 5.41 Å². The van der Waals surface area contributed by atoms with E-state index in [0.717, 1.165) is 31.6 Å². The number of pyridine rings is 1. The second-order valence-corrected chi connectivity index (χ2v) is 8.49. The molecule has 1 aliphatic rings. The average molecular weight is 533 g/mol. The van der Waals surface area contributed by atoms with Crippen molar-refractivity contribution in [3.8, 4) is 5.75 Å². The van der Waals surface area contributed by atoms with Gasteiger partial charge in [-0.25, -0.2) is 4.98 Å². The van der Waals surface area contributed by atoms with Crippen LogP contribution < -0.4 is 10.1 Å². The van der Waals surface area contributed by atoms with Gasteiger partial charge in [-0.1, -0.05) is 49.4 Å². The molecule has 2 N–H and O–H groups in total. The van der Waals surface area contributed by atoms with Gasteiger partial charge in [0.1, 0.15) is 17.4 Å².